The Morgan fingerprint density at radius 2 is 2.04 bits per heavy atom. The third kappa shape index (κ3) is 3.57. The number of aromatic nitrogens is 1. The van der Waals surface area contributed by atoms with Crippen molar-refractivity contribution in [1.29, 1.82) is 5.26 Å². The molecule has 134 valence electrons. The summed E-state index contributed by atoms with van der Waals surface area (Å²) >= 11 is 0. The van der Waals surface area contributed by atoms with Gasteiger partial charge in [0.1, 0.15) is 11.6 Å². The maximum atomic E-state index is 12.5. The summed E-state index contributed by atoms with van der Waals surface area (Å²) in [5.41, 5.74) is -1.31. The first-order valence-corrected chi connectivity index (χ1v) is 7.54. The van der Waals surface area contributed by atoms with Crippen LogP contribution < -0.4 is 5.56 Å². The average molecular weight is 357 g/mol. The molecule has 26 heavy (non-hydrogen) atoms. The molecule has 1 aromatic carbocycles. The predicted octanol–water partition coefficient (Wildman–Crippen LogP) is 2.44. The van der Waals surface area contributed by atoms with Gasteiger partial charge in [-0.25, -0.2) is 0 Å². The maximum absolute atomic E-state index is 12.5. The number of hydrogen-bond acceptors (Lipinski definition) is 8. The third-order valence-corrected chi connectivity index (χ3v) is 3.65. The average Bonchev–Trinajstić information content (AvgIpc) is 2.62. The molecule has 0 bridgehead atoms. The summed E-state index contributed by atoms with van der Waals surface area (Å²) in [6.07, 6.45) is 0.183. The van der Waals surface area contributed by atoms with E-state index in [1.54, 1.807) is 6.07 Å². The molecule has 0 unspecified atom stereocenters. The molecule has 1 heterocycles. The minimum atomic E-state index is -0.713. The lowest BCUT2D eigenvalue weighted by atomic mass is 10.1. The van der Waals surface area contributed by atoms with Gasteiger partial charge in [-0.05, 0) is 19.4 Å². The van der Waals surface area contributed by atoms with E-state index >= 15 is 0 Å². The monoisotopic (exact) mass is 357 g/mol. The summed E-state index contributed by atoms with van der Waals surface area (Å²) in [4.78, 5) is 22.9. The number of rotatable bonds is 6. The Balaban J connectivity index is 2.62. The number of pyridine rings is 1. The SMILES string of the molecule is Cc1c(C#N)c(O)n(CCCO)c(=O)c1N=Nc1ccccc1[N+](=O)[O-]. The second-order valence-corrected chi connectivity index (χ2v) is 5.26. The number of azo groups is 1. The summed E-state index contributed by atoms with van der Waals surface area (Å²) in [5.74, 6) is -0.520. The second-order valence-electron chi connectivity index (χ2n) is 5.26. The summed E-state index contributed by atoms with van der Waals surface area (Å²) in [7, 11) is 0. The standard InChI is InChI=1S/C16H15N5O5/c1-10-11(9-17)15(23)20(7-4-8-22)16(24)14(10)19-18-12-5-2-3-6-13(12)21(25)26/h2-3,5-6,22-23H,4,7-8H2,1H3. The summed E-state index contributed by atoms with van der Waals surface area (Å²) in [6, 6.07) is 7.41. The van der Waals surface area contributed by atoms with Crippen LogP contribution in [0.15, 0.2) is 39.3 Å². The van der Waals surface area contributed by atoms with E-state index in [-0.39, 0.29) is 47.8 Å². The molecule has 0 spiro atoms. The van der Waals surface area contributed by atoms with Gasteiger partial charge in [-0.3, -0.25) is 19.5 Å². The van der Waals surface area contributed by atoms with E-state index in [0.29, 0.717) is 0 Å². The van der Waals surface area contributed by atoms with E-state index in [2.05, 4.69) is 10.2 Å². The molecule has 0 radical (unpaired) electrons. The molecule has 2 aromatic rings. The number of nitriles is 1. The molecule has 0 aliphatic rings. The first-order chi connectivity index (χ1) is 12.4. The highest BCUT2D eigenvalue weighted by molar-refractivity contribution is 5.59. The van der Waals surface area contributed by atoms with Crippen molar-refractivity contribution in [2.45, 2.75) is 19.9 Å². The molecular formula is C16H15N5O5. The van der Waals surface area contributed by atoms with Crippen LogP contribution in [-0.2, 0) is 6.54 Å². The van der Waals surface area contributed by atoms with Crippen molar-refractivity contribution < 1.29 is 15.1 Å². The Labute approximate surface area is 147 Å². The molecule has 0 amide bonds. The molecule has 1 aromatic heterocycles. The quantitative estimate of drug-likeness (QED) is 0.459. The topological polar surface area (TPSA) is 154 Å². The van der Waals surface area contributed by atoms with E-state index in [0.717, 1.165) is 4.57 Å². The van der Waals surface area contributed by atoms with Crippen molar-refractivity contribution in [2.75, 3.05) is 6.61 Å². The van der Waals surface area contributed by atoms with Gasteiger partial charge in [0.2, 0.25) is 5.88 Å². The number of para-hydroxylation sites is 1. The van der Waals surface area contributed by atoms with Gasteiger partial charge in [0.15, 0.2) is 11.4 Å². The van der Waals surface area contributed by atoms with Gasteiger partial charge in [0, 0.05) is 24.8 Å². The fraction of sp³-hybridized carbons (Fsp3) is 0.250. The predicted molar refractivity (Wildman–Crippen MR) is 90.8 cm³/mol. The van der Waals surface area contributed by atoms with Gasteiger partial charge in [0.25, 0.3) is 11.2 Å². The Hall–Kier alpha value is -3.58. The van der Waals surface area contributed by atoms with Crippen LogP contribution in [0.4, 0.5) is 17.1 Å². The highest BCUT2D eigenvalue weighted by atomic mass is 16.6. The van der Waals surface area contributed by atoms with Crippen LogP contribution in [0.5, 0.6) is 5.88 Å². The smallest absolute Gasteiger partial charge is 0.296 e. The van der Waals surface area contributed by atoms with Crippen molar-refractivity contribution in [3.05, 3.63) is 55.9 Å². The fourth-order valence-corrected chi connectivity index (χ4v) is 2.30. The largest absolute Gasteiger partial charge is 0.493 e. The molecule has 0 atom stereocenters. The molecule has 10 nitrogen and oxygen atoms in total. The molecule has 10 heteroatoms. The van der Waals surface area contributed by atoms with Crippen LogP contribution in [0, 0.1) is 28.4 Å². The van der Waals surface area contributed by atoms with E-state index < -0.39 is 16.4 Å². The van der Waals surface area contributed by atoms with Gasteiger partial charge in [0.05, 0.1) is 4.92 Å². The van der Waals surface area contributed by atoms with Crippen molar-refractivity contribution in [2.24, 2.45) is 10.2 Å². The number of benzene rings is 1. The van der Waals surface area contributed by atoms with Gasteiger partial charge in [-0.1, -0.05) is 12.1 Å². The third-order valence-electron chi connectivity index (χ3n) is 3.65. The minimum absolute atomic E-state index is 0.0237. The van der Waals surface area contributed by atoms with Crippen LogP contribution in [0.25, 0.3) is 0 Å². The van der Waals surface area contributed by atoms with E-state index in [1.165, 1.54) is 31.2 Å². The highest BCUT2D eigenvalue weighted by Gasteiger charge is 2.19. The molecular weight excluding hydrogens is 342 g/mol. The van der Waals surface area contributed by atoms with Crippen LogP contribution in [0.3, 0.4) is 0 Å². The van der Waals surface area contributed by atoms with Gasteiger partial charge in [-0.2, -0.15) is 5.26 Å². The fourth-order valence-electron chi connectivity index (χ4n) is 2.30. The van der Waals surface area contributed by atoms with Crippen LogP contribution in [0.2, 0.25) is 0 Å². The molecule has 0 aliphatic carbocycles. The lowest BCUT2D eigenvalue weighted by molar-refractivity contribution is -0.384. The number of aromatic hydroxyl groups is 1. The summed E-state index contributed by atoms with van der Waals surface area (Å²) in [5, 5.41) is 46.9. The lowest BCUT2D eigenvalue weighted by Crippen LogP contribution is -2.22. The molecule has 0 aliphatic heterocycles. The van der Waals surface area contributed by atoms with Crippen LogP contribution in [-0.4, -0.2) is 26.3 Å². The molecule has 0 saturated heterocycles. The van der Waals surface area contributed by atoms with Gasteiger partial charge < -0.3 is 10.2 Å². The zero-order chi connectivity index (χ0) is 19.3. The number of hydrogen-bond donors (Lipinski definition) is 2. The Kier molecular flexibility index (Phi) is 5.77. The number of aliphatic hydroxyl groups excluding tert-OH is 1. The number of nitro benzene ring substituents is 1. The zero-order valence-corrected chi connectivity index (χ0v) is 13.8. The van der Waals surface area contributed by atoms with Crippen molar-refractivity contribution in [3.8, 4) is 11.9 Å². The summed E-state index contributed by atoms with van der Waals surface area (Å²) in [6.45, 7) is 1.18. The Bertz CT molecular complexity index is 974. The highest BCUT2D eigenvalue weighted by Crippen LogP contribution is 2.30. The first-order valence-electron chi connectivity index (χ1n) is 7.54. The van der Waals surface area contributed by atoms with Gasteiger partial charge >= 0.3 is 0 Å². The molecule has 0 fully saturated rings. The van der Waals surface area contributed by atoms with E-state index in [9.17, 15) is 25.3 Å². The molecule has 2 rings (SSSR count). The summed E-state index contributed by atoms with van der Waals surface area (Å²) < 4.78 is 0.912. The number of nitrogens with zero attached hydrogens (tertiary/aromatic N) is 5. The lowest BCUT2D eigenvalue weighted by Gasteiger charge is -2.12. The van der Waals surface area contributed by atoms with Crippen LogP contribution >= 0.6 is 0 Å². The molecule has 2 N–H and O–H groups in total. The van der Waals surface area contributed by atoms with Crippen LogP contribution in [0.1, 0.15) is 17.5 Å². The van der Waals surface area contributed by atoms with E-state index in [1.807, 2.05) is 0 Å². The van der Waals surface area contributed by atoms with Crippen molar-refractivity contribution in [3.63, 3.8) is 0 Å². The number of aliphatic hydroxyl groups is 1. The minimum Gasteiger partial charge on any atom is -0.493 e. The van der Waals surface area contributed by atoms with Gasteiger partial charge in [-0.15, -0.1) is 10.2 Å². The second kappa shape index (κ2) is 8.00. The Morgan fingerprint density at radius 1 is 1.35 bits per heavy atom. The van der Waals surface area contributed by atoms with E-state index in [4.69, 9.17) is 5.11 Å². The zero-order valence-electron chi connectivity index (χ0n) is 13.8. The number of nitro groups is 1. The normalized spacial score (nSPS) is 10.8. The Morgan fingerprint density at radius 3 is 2.65 bits per heavy atom. The molecule has 0 saturated carbocycles. The van der Waals surface area contributed by atoms with Crippen molar-refractivity contribution in [1.82, 2.24) is 4.57 Å². The first kappa shape index (κ1) is 18.8. The maximum Gasteiger partial charge on any atom is 0.296 e. The van der Waals surface area contributed by atoms with Crippen molar-refractivity contribution >= 4 is 17.1 Å².